The molecule has 1 aromatic carbocycles. The van der Waals surface area contributed by atoms with Crippen LogP contribution in [0.3, 0.4) is 0 Å². The first-order chi connectivity index (χ1) is 10.7. The van der Waals surface area contributed by atoms with Gasteiger partial charge >= 0.3 is 0 Å². The lowest BCUT2D eigenvalue weighted by Gasteiger charge is -2.06. The van der Waals surface area contributed by atoms with E-state index in [0.29, 0.717) is 25.0 Å². The van der Waals surface area contributed by atoms with Crippen molar-refractivity contribution in [3.05, 3.63) is 35.4 Å². The summed E-state index contributed by atoms with van der Waals surface area (Å²) < 4.78 is 0. The summed E-state index contributed by atoms with van der Waals surface area (Å²) in [6.45, 7) is 6.98. The fraction of sp³-hybridized carbons (Fsp3) is 0.500. The van der Waals surface area contributed by atoms with E-state index < -0.39 is 0 Å². The molecule has 0 saturated carbocycles. The van der Waals surface area contributed by atoms with Gasteiger partial charge in [0, 0.05) is 13.1 Å². The molecule has 0 unspecified atom stereocenters. The first-order valence-corrected chi connectivity index (χ1v) is 7.81. The molecule has 0 aliphatic rings. The van der Waals surface area contributed by atoms with Gasteiger partial charge in [0.15, 0.2) is 11.9 Å². The van der Waals surface area contributed by atoms with Crippen molar-refractivity contribution in [3.8, 4) is 0 Å². The molecule has 1 rings (SSSR count). The van der Waals surface area contributed by atoms with Gasteiger partial charge in [-0.3, -0.25) is 0 Å². The van der Waals surface area contributed by atoms with Crippen LogP contribution < -0.4 is 22.1 Å². The number of hydrogen-bond donors (Lipinski definition) is 4. The second kappa shape index (κ2) is 13.0. The topological polar surface area (TPSA) is 101 Å². The largest absolute Gasteiger partial charge is 0.370 e. The summed E-state index contributed by atoms with van der Waals surface area (Å²) in [6, 6.07) is 8.14. The highest BCUT2D eigenvalue weighted by molar-refractivity contribution is 14.0. The van der Waals surface area contributed by atoms with Crippen molar-refractivity contribution in [2.45, 2.75) is 39.8 Å². The lowest BCUT2D eigenvalue weighted by Crippen LogP contribution is -2.32. The molecule has 130 valence electrons. The smallest absolute Gasteiger partial charge is 0.188 e. The molecule has 0 amide bonds. The van der Waals surface area contributed by atoms with E-state index in [9.17, 15) is 0 Å². The van der Waals surface area contributed by atoms with Gasteiger partial charge in [0.25, 0.3) is 0 Å². The third kappa shape index (κ3) is 9.98. The number of aliphatic imine (C=N–C) groups is 2. The summed E-state index contributed by atoms with van der Waals surface area (Å²) in [5.74, 6) is 0.969. The van der Waals surface area contributed by atoms with Crippen LogP contribution in [0.15, 0.2) is 34.3 Å². The van der Waals surface area contributed by atoms with E-state index in [1.165, 1.54) is 0 Å². The molecule has 0 radical (unpaired) electrons. The van der Waals surface area contributed by atoms with Crippen molar-refractivity contribution < 1.29 is 0 Å². The van der Waals surface area contributed by atoms with Gasteiger partial charge in [0.05, 0.1) is 13.1 Å². The molecular weight excluding hydrogens is 403 g/mol. The van der Waals surface area contributed by atoms with Crippen LogP contribution in [-0.2, 0) is 13.1 Å². The Balaban J connectivity index is 0.00000484. The molecule has 1 aromatic rings. The minimum atomic E-state index is 0. The van der Waals surface area contributed by atoms with Crippen LogP contribution in [0.1, 0.15) is 37.8 Å². The molecule has 0 heterocycles. The Morgan fingerprint density at radius 2 is 1.35 bits per heavy atom. The maximum atomic E-state index is 5.78. The predicted octanol–water partition coefficient (Wildman–Crippen LogP) is 1.93. The molecule has 0 aliphatic heterocycles. The zero-order chi connectivity index (χ0) is 16.2. The normalized spacial score (nSPS) is 11.7. The summed E-state index contributed by atoms with van der Waals surface area (Å²) in [5.41, 5.74) is 13.8. The molecule has 0 saturated heterocycles. The van der Waals surface area contributed by atoms with E-state index in [1.807, 2.05) is 18.2 Å². The van der Waals surface area contributed by atoms with Gasteiger partial charge in [0.2, 0.25) is 0 Å². The SMILES string of the molecule is CCCNC(N)=NCc1cccc(CN=C(N)NCCC)c1.I. The van der Waals surface area contributed by atoms with E-state index in [1.54, 1.807) is 0 Å². The average molecular weight is 432 g/mol. The van der Waals surface area contributed by atoms with Crippen molar-refractivity contribution in [2.24, 2.45) is 21.5 Å². The van der Waals surface area contributed by atoms with Crippen molar-refractivity contribution in [2.75, 3.05) is 13.1 Å². The maximum Gasteiger partial charge on any atom is 0.188 e. The summed E-state index contributed by atoms with van der Waals surface area (Å²) in [7, 11) is 0. The van der Waals surface area contributed by atoms with Crippen LogP contribution >= 0.6 is 24.0 Å². The molecule has 0 fully saturated rings. The van der Waals surface area contributed by atoms with Gasteiger partial charge in [-0.25, -0.2) is 9.98 Å². The van der Waals surface area contributed by atoms with Crippen molar-refractivity contribution in [3.63, 3.8) is 0 Å². The van der Waals surface area contributed by atoms with Gasteiger partial charge in [-0.15, -0.1) is 24.0 Å². The lowest BCUT2D eigenvalue weighted by atomic mass is 10.1. The summed E-state index contributed by atoms with van der Waals surface area (Å²) in [6.07, 6.45) is 2.05. The minimum Gasteiger partial charge on any atom is -0.370 e. The number of rotatable bonds is 8. The maximum absolute atomic E-state index is 5.78. The second-order valence-electron chi connectivity index (χ2n) is 5.08. The van der Waals surface area contributed by atoms with Gasteiger partial charge in [-0.2, -0.15) is 0 Å². The van der Waals surface area contributed by atoms with E-state index >= 15 is 0 Å². The minimum absolute atomic E-state index is 0. The molecule has 0 spiro atoms. The quantitative estimate of drug-likeness (QED) is 0.287. The summed E-state index contributed by atoms with van der Waals surface area (Å²) >= 11 is 0. The van der Waals surface area contributed by atoms with Crippen LogP contribution in [0, 0.1) is 0 Å². The number of nitrogens with one attached hydrogen (secondary N) is 2. The number of nitrogens with two attached hydrogens (primary N) is 2. The number of nitrogens with zero attached hydrogens (tertiary/aromatic N) is 2. The molecule has 23 heavy (non-hydrogen) atoms. The van der Waals surface area contributed by atoms with Crippen LogP contribution in [0.25, 0.3) is 0 Å². The summed E-state index contributed by atoms with van der Waals surface area (Å²) in [5, 5.41) is 6.12. The zero-order valence-corrected chi connectivity index (χ0v) is 16.3. The predicted molar refractivity (Wildman–Crippen MR) is 109 cm³/mol. The first-order valence-electron chi connectivity index (χ1n) is 7.81. The highest BCUT2D eigenvalue weighted by atomic mass is 127. The highest BCUT2D eigenvalue weighted by Gasteiger charge is 1.97. The lowest BCUT2D eigenvalue weighted by molar-refractivity contribution is 0.824. The van der Waals surface area contributed by atoms with Gasteiger partial charge in [-0.05, 0) is 24.0 Å². The zero-order valence-electron chi connectivity index (χ0n) is 14.0. The van der Waals surface area contributed by atoms with Crippen molar-refractivity contribution in [1.82, 2.24) is 10.6 Å². The van der Waals surface area contributed by atoms with Gasteiger partial charge in [-0.1, -0.05) is 38.1 Å². The fourth-order valence-corrected chi connectivity index (χ4v) is 1.80. The molecule has 6 nitrogen and oxygen atoms in total. The van der Waals surface area contributed by atoms with E-state index in [-0.39, 0.29) is 24.0 Å². The molecule has 0 aromatic heterocycles. The Hall–Kier alpha value is -1.51. The Morgan fingerprint density at radius 1 is 0.913 bits per heavy atom. The van der Waals surface area contributed by atoms with Crippen LogP contribution in [-0.4, -0.2) is 25.0 Å². The number of halogens is 1. The fourth-order valence-electron chi connectivity index (χ4n) is 1.80. The van der Waals surface area contributed by atoms with Crippen molar-refractivity contribution in [1.29, 1.82) is 0 Å². The first kappa shape index (κ1) is 21.5. The number of benzene rings is 1. The Morgan fingerprint density at radius 3 is 1.74 bits per heavy atom. The van der Waals surface area contributed by atoms with E-state index in [0.717, 1.165) is 37.1 Å². The Labute approximate surface area is 156 Å². The standard InChI is InChI=1S/C16H28N6.HI/c1-3-8-19-15(17)21-11-13-6-5-7-14(10-13)12-22-16(18)20-9-4-2;/h5-7,10H,3-4,8-9,11-12H2,1-2H3,(H3,17,19,21)(H3,18,20,22);1H. The molecule has 0 aliphatic carbocycles. The van der Waals surface area contributed by atoms with Crippen LogP contribution in [0.2, 0.25) is 0 Å². The molecule has 0 bridgehead atoms. The van der Waals surface area contributed by atoms with Gasteiger partial charge < -0.3 is 22.1 Å². The van der Waals surface area contributed by atoms with Crippen LogP contribution in [0.4, 0.5) is 0 Å². The third-order valence-corrected chi connectivity index (χ3v) is 2.97. The number of guanidine groups is 2. The highest BCUT2D eigenvalue weighted by Crippen LogP contribution is 2.07. The molecule has 0 atom stereocenters. The van der Waals surface area contributed by atoms with E-state index in [4.69, 9.17) is 11.5 Å². The third-order valence-electron chi connectivity index (χ3n) is 2.97. The average Bonchev–Trinajstić information content (AvgIpc) is 2.54. The molecular formula is C16H29IN6. The van der Waals surface area contributed by atoms with Crippen molar-refractivity contribution >= 4 is 35.9 Å². The monoisotopic (exact) mass is 432 g/mol. The second-order valence-corrected chi connectivity index (χ2v) is 5.08. The summed E-state index contributed by atoms with van der Waals surface area (Å²) in [4.78, 5) is 8.64. The Bertz CT molecular complexity index is 460. The number of hydrogen-bond acceptors (Lipinski definition) is 2. The Kier molecular flexibility index (Phi) is 12.1. The molecule has 7 heteroatoms. The van der Waals surface area contributed by atoms with Gasteiger partial charge in [0.1, 0.15) is 0 Å². The van der Waals surface area contributed by atoms with Crippen LogP contribution in [0.5, 0.6) is 0 Å². The van der Waals surface area contributed by atoms with E-state index in [2.05, 4.69) is 40.5 Å². The molecule has 6 N–H and O–H groups in total.